The molecule has 1 aliphatic heterocycles. The molecule has 6 rings (SSSR count). The van der Waals surface area contributed by atoms with Crippen LogP contribution in [0.4, 0.5) is 4.39 Å². The molecule has 1 aromatic heterocycles. The van der Waals surface area contributed by atoms with E-state index in [1.165, 1.54) is 6.20 Å². The summed E-state index contributed by atoms with van der Waals surface area (Å²) in [5.41, 5.74) is 4.60. The maximum atomic E-state index is 15.6. The number of fused-ring (bicyclic) bond motifs is 2. The standard InChI is InChI=1S/C34H29ClFN3O7/c35-26-11-21(16-39-27(17-40)34(41)42)30(45-18-20-10-19(13-37)14-38-15-20)12-31(26)46-28-6-4-23-22(2-1-3-24(23)28)25-5-7-29-33(32(25)36)44-9-8-43-29/h1-3,5,7,10-12,14-15,27-28,39-40H,4,6,8-9,16-18H2,(H,41,42)/t27-,28-/m0/s1. The molecule has 0 radical (unpaired) electrons. The van der Waals surface area contributed by atoms with Crippen LogP contribution in [0.15, 0.2) is 60.9 Å². The lowest BCUT2D eigenvalue weighted by Gasteiger charge is -2.21. The number of ether oxygens (including phenoxy) is 4. The molecule has 12 heteroatoms. The van der Waals surface area contributed by atoms with E-state index in [0.717, 1.165) is 16.7 Å². The highest BCUT2D eigenvalue weighted by atomic mass is 35.5. The zero-order valence-corrected chi connectivity index (χ0v) is 25.2. The number of nitriles is 1. The molecular formula is C34H29ClFN3O7. The summed E-state index contributed by atoms with van der Waals surface area (Å²) in [5, 5.41) is 31.1. The van der Waals surface area contributed by atoms with E-state index in [-0.39, 0.29) is 36.6 Å². The van der Waals surface area contributed by atoms with Crippen LogP contribution < -0.4 is 24.3 Å². The molecule has 0 amide bonds. The van der Waals surface area contributed by atoms with Gasteiger partial charge in [0.1, 0.15) is 49.5 Å². The topological polar surface area (TPSA) is 143 Å². The molecule has 0 bridgehead atoms. The number of hydrogen-bond acceptors (Lipinski definition) is 9. The summed E-state index contributed by atoms with van der Waals surface area (Å²) >= 11 is 6.70. The van der Waals surface area contributed by atoms with Crippen molar-refractivity contribution in [3.05, 3.63) is 99.6 Å². The van der Waals surface area contributed by atoms with Gasteiger partial charge >= 0.3 is 5.97 Å². The Morgan fingerprint density at radius 3 is 2.80 bits per heavy atom. The van der Waals surface area contributed by atoms with Gasteiger partial charge in [-0.05, 0) is 53.8 Å². The molecule has 0 unspecified atom stereocenters. The van der Waals surface area contributed by atoms with Crippen LogP contribution in [0.2, 0.25) is 5.02 Å². The Balaban J connectivity index is 1.28. The lowest BCUT2D eigenvalue weighted by Crippen LogP contribution is -2.39. The number of hydrogen-bond donors (Lipinski definition) is 3. The van der Waals surface area contributed by atoms with Crippen LogP contribution in [-0.2, 0) is 24.4 Å². The van der Waals surface area contributed by atoms with Gasteiger partial charge in [0.15, 0.2) is 17.3 Å². The van der Waals surface area contributed by atoms with Crippen LogP contribution in [0.3, 0.4) is 0 Å². The van der Waals surface area contributed by atoms with E-state index in [1.54, 1.807) is 36.5 Å². The third kappa shape index (κ3) is 6.41. The zero-order valence-electron chi connectivity index (χ0n) is 24.5. The van der Waals surface area contributed by atoms with E-state index in [0.29, 0.717) is 59.0 Å². The maximum absolute atomic E-state index is 15.6. The largest absolute Gasteiger partial charge is 0.488 e. The molecule has 4 aromatic rings. The summed E-state index contributed by atoms with van der Waals surface area (Å²) in [5.74, 6) is -0.463. The number of aromatic nitrogens is 1. The summed E-state index contributed by atoms with van der Waals surface area (Å²) in [6, 6.07) is 14.9. The van der Waals surface area contributed by atoms with Gasteiger partial charge in [-0.25, -0.2) is 4.39 Å². The van der Waals surface area contributed by atoms with E-state index >= 15 is 4.39 Å². The first-order valence-corrected chi connectivity index (χ1v) is 15.0. The summed E-state index contributed by atoms with van der Waals surface area (Å²) in [4.78, 5) is 15.5. The van der Waals surface area contributed by atoms with Gasteiger partial charge in [0.25, 0.3) is 0 Å². The Labute approximate surface area is 268 Å². The highest BCUT2D eigenvalue weighted by molar-refractivity contribution is 6.32. The molecule has 0 saturated carbocycles. The van der Waals surface area contributed by atoms with Crippen molar-refractivity contribution in [2.45, 2.75) is 38.1 Å². The van der Waals surface area contributed by atoms with E-state index < -0.39 is 24.4 Å². The Morgan fingerprint density at radius 1 is 1.15 bits per heavy atom. The van der Waals surface area contributed by atoms with Crippen molar-refractivity contribution in [1.29, 1.82) is 5.26 Å². The van der Waals surface area contributed by atoms with E-state index in [4.69, 9.17) is 30.5 Å². The number of aliphatic carboxylic acids is 1. The van der Waals surface area contributed by atoms with Crippen molar-refractivity contribution >= 4 is 17.6 Å². The van der Waals surface area contributed by atoms with Crippen molar-refractivity contribution in [1.82, 2.24) is 10.3 Å². The molecule has 2 aliphatic rings. The lowest BCUT2D eigenvalue weighted by atomic mass is 9.96. The molecule has 0 spiro atoms. The van der Waals surface area contributed by atoms with Crippen LogP contribution in [-0.4, -0.2) is 47.0 Å². The number of nitrogens with one attached hydrogen (secondary N) is 1. The van der Waals surface area contributed by atoms with Crippen molar-refractivity contribution in [2.75, 3.05) is 19.8 Å². The summed E-state index contributed by atoms with van der Waals surface area (Å²) in [7, 11) is 0. The van der Waals surface area contributed by atoms with Crippen molar-refractivity contribution in [2.24, 2.45) is 0 Å². The number of carboxylic acids is 1. The van der Waals surface area contributed by atoms with Crippen LogP contribution >= 0.6 is 11.6 Å². The number of halogens is 2. The number of benzene rings is 3. The number of carbonyl (C=O) groups is 1. The number of nitrogens with zero attached hydrogens (tertiary/aromatic N) is 2. The Kier molecular flexibility index (Phi) is 9.21. The second kappa shape index (κ2) is 13.6. The number of pyridine rings is 1. The predicted octanol–water partition coefficient (Wildman–Crippen LogP) is 5.36. The van der Waals surface area contributed by atoms with Crippen LogP contribution in [0, 0.1) is 17.1 Å². The molecule has 2 heterocycles. The van der Waals surface area contributed by atoms with Gasteiger partial charge in [-0.15, -0.1) is 0 Å². The van der Waals surface area contributed by atoms with Crippen LogP contribution in [0.1, 0.15) is 40.3 Å². The minimum atomic E-state index is -1.20. The van der Waals surface area contributed by atoms with Crippen LogP contribution in [0.5, 0.6) is 23.0 Å². The smallest absolute Gasteiger partial charge is 0.323 e. The van der Waals surface area contributed by atoms with Gasteiger partial charge in [-0.2, -0.15) is 5.26 Å². The second-order valence-corrected chi connectivity index (χ2v) is 11.2. The molecule has 10 nitrogen and oxygen atoms in total. The summed E-state index contributed by atoms with van der Waals surface area (Å²) < 4.78 is 39.2. The number of aliphatic hydroxyl groups is 1. The SMILES string of the molecule is N#Cc1cncc(COc2cc(O[C@H]3CCc4c(-c5ccc6c(c5F)OCCO6)cccc43)c(Cl)cc2CN[C@@H](CO)C(=O)O)c1. The Hall–Kier alpha value is -4.89. The molecule has 46 heavy (non-hydrogen) atoms. The molecule has 1 aliphatic carbocycles. The van der Waals surface area contributed by atoms with Gasteiger partial charge in [0.2, 0.25) is 0 Å². The fourth-order valence-electron chi connectivity index (χ4n) is 5.62. The maximum Gasteiger partial charge on any atom is 0.323 e. The van der Waals surface area contributed by atoms with Crippen LogP contribution in [0.25, 0.3) is 11.1 Å². The normalized spacial score (nSPS) is 15.5. The van der Waals surface area contributed by atoms with Crippen molar-refractivity contribution in [3.8, 4) is 40.2 Å². The van der Waals surface area contributed by atoms with Gasteiger partial charge in [0.05, 0.1) is 17.2 Å². The highest BCUT2D eigenvalue weighted by Crippen LogP contribution is 2.45. The third-order valence-corrected chi connectivity index (χ3v) is 8.17. The molecule has 2 atom stereocenters. The number of aliphatic hydroxyl groups excluding tert-OH is 1. The van der Waals surface area contributed by atoms with Gasteiger partial charge in [-0.1, -0.05) is 29.8 Å². The second-order valence-electron chi connectivity index (χ2n) is 10.8. The van der Waals surface area contributed by atoms with Crippen molar-refractivity contribution in [3.63, 3.8) is 0 Å². The van der Waals surface area contributed by atoms with Crippen molar-refractivity contribution < 1.29 is 38.3 Å². The molecular weight excluding hydrogens is 617 g/mol. The van der Waals surface area contributed by atoms with E-state index in [2.05, 4.69) is 10.3 Å². The van der Waals surface area contributed by atoms with Gasteiger partial charge < -0.3 is 29.2 Å². The zero-order chi connectivity index (χ0) is 32.2. The van der Waals surface area contributed by atoms with E-state index in [1.807, 2.05) is 24.3 Å². The Morgan fingerprint density at radius 2 is 2.00 bits per heavy atom. The molecule has 0 fully saturated rings. The third-order valence-electron chi connectivity index (χ3n) is 7.88. The molecule has 236 valence electrons. The average molecular weight is 646 g/mol. The first-order chi connectivity index (χ1) is 22.4. The molecule has 0 saturated heterocycles. The quantitative estimate of drug-likeness (QED) is 0.195. The van der Waals surface area contributed by atoms with E-state index in [9.17, 15) is 20.3 Å². The number of carboxylic acid groups (broad SMARTS) is 1. The monoisotopic (exact) mass is 645 g/mol. The van der Waals surface area contributed by atoms with Gasteiger partial charge in [0, 0.05) is 41.7 Å². The lowest BCUT2D eigenvalue weighted by molar-refractivity contribution is -0.140. The molecule has 3 aromatic carbocycles. The average Bonchev–Trinajstić information content (AvgIpc) is 3.48. The summed E-state index contributed by atoms with van der Waals surface area (Å²) in [6.07, 6.45) is 3.91. The summed E-state index contributed by atoms with van der Waals surface area (Å²) in [6.45, 7) is 0.139. The fourth-order valence-corrected chi connectivity index (χ4v) is 5.86. The molecule has 3 N–H and O–H groups in total. The highest BCUT2D eigenvalue weighted by Gasteiger charge is 2.30. The first-order valence-electron chi connectivity index (χ1n) is 14.6. The Bertz CT molecular complexity index is 1830. The number of rotatable bonds is 11. The predicted molar refractivity (Wildman–Crippen MR) is 165 cm³/mol. The van der Waals surface area contributed by atoms with Gasteiger partial charge in [-0.3, -0.25) is 15.1 Å². The minimum absolute atomic E-state index is 0.0278. The first kappa shape index (κ1) is 31.1. The minimum Gasteiger partial charge on any atom is -0.488 e. The fraction of sp³-hybridized carbons (Fsp3) is 0.265.